The van der Waals surface area contributed by atoms with Gasteiger partial charge < -0.3 is 10.6 Å². The molecule has 0 saturated carbocycles. The van der Waals surface area contributed by atoms with E-state index < -0.39 is 0 Å². The third-order valence-corrected chi connectivity index (χ3v) is 3.07. The second-order valence-electron chi connectivity index (χ2n) is 4.36. The molecule has 1 aliphatic rings. The van der Waals surface area contributed by atoms with Crippen LogP contribution in [0, 0.1) is 11.8 Å². The van der Waals surface area contributed by atoms with E-state index in [4.69, 9.17) is 5.73 Å². The predicted octanol–water partition coefficient (Wildman–Crippen LogP) is 1.23. The number of carbonyl (C=O) groups is 1. The van der Waals surface area contributed by atoms with Gasteiger partial charge in [-0.15, -0.1) is 0 Å². The van der Waals surface area contributed by atoms with E-state index in [0.29, 0.717) is 6.54 Å². The normalized spacial score (nSPS) is 23.9. The molecule has 0 bridgehead atoms. The van der Waals surface area contributed by atoms with Gasteiger partial charge in [0.1, 0.15) is 0 Å². The van der Waals surface area contributed by atoms with Crippen LogP contribution in [0.4, 0.5) is 0 Å². The van der Waals surface area contributed by atoms with Gasteiger partial charge in [-0.05, 0) is 18.8 Å². The smallest absolute Gasteiger partial charge is 0.226 e. The van der Waals surface area contributed by atoms with Gasteiger partial charge in [-0.1, -0.05) is 20.3 Å². The Hall–Kier alpha value is -0.570. The van der Waals surface area contributed by atoms with Crippen LogP contribution in [-0.2, 0) is 4.79 Å². The van der Waals surface area contributed by atoms with Gasteiger partial charge >= 0.3 is 0 Å². The zero-order valence-corrected chi connectivity index (χ0v) is 9.33. The van der Waals surface area contributed by atoms with E-state index in [9.17, 15) is 4.79 Å². The maximum atomic E-state index is 11.8. The molecule has 0 aromatic rings. The van der Waals surface area contributed by atoms with E-state index in [2.05, 4.69) is 6.92 Å². The van der Waals surface area contributed by atoms with E-state index in [0.717, 1.165) is 19.0 Å². The van der Waals surface area contributed by atoms with Crippen molar-refractivity contribution in [1.29, 1.82) is 0 Å². The number of nitrogens with two attached hydrogens (primary N) is 1. The van der Waals surface area contributed by atoms with Gasteiger partial charge in [-0.25, -0.2) is 0 Å². The first-order chi connectivity index (χ1) is 6.69. The number of hydrogen-bond acceptors (Lipinski definition) is 2. The average molecular weight is 198 g/mol. The summed E-state index contributed by atoms with van der Waals surface area (Å²) in [6.45, 7) is 6.47. The van der Waals surface area contributed by atoms with E-state index in [1.807, 2.05) is 11.8 Å². The minimum Gasteiger partial charge on any atom is -0.342 e. The molecule has 1 amide bonds. The molecular weight excluding hydrogens is 176 g/mol. The van der Waals surface area contributed by atoms with E-state index in [1.165, 1.54) is 19.3 Å². The van der Waals surface area contributed by atoms with Crippen LogP contribution in [0.15, 0.2) is 0 Å². The van der Waals surface area contributed by atoms with Crippen molar-refractivity contribution in [3.63, 3.8) is 0 Å². The molecule has 0 spiro atoms. The standard InChI is InChI=1S/C11H22N2O/c1-3-4-10-5-6-13(8-10)11(14)9(2)7-12/h9-10H,3-8,12H2,1-2H3. The highest BCUT2D eigenvalue weighted by Gasteiger charge is 2.27. The predicted molar refractivity (Wildman–Crippen MR) is 57.8 cm³/mol. The molecule has 3 heteroatoms. The van der Waals surface area contributed by atoms with Crippen molar-refractivity contribution in [3.05, 3.63) is 0 Å². The number of nitrogens with zero attached hydrogens (tertiary/aromatic N) is 1. The molecule has 0 aromatic heterocycles. The SMILES string of the molecule is CCCC1CCN(C(=O)C(C)CN)C1. The Bertz CT molecular complexity index is 194. The lowest BCUT2D eigenvalue weighted by Crippen LogP contribution is -2.36. The monoisotopic (exact) mass is 198 g/mol. The number of amides is 1. The van der Waals surface area contributed by atoms with Crippen molar-refractivity contribution in [2.75, 3.05) is 19.6 Å². The summed E-state index contributed by atoms with van der Waals surface area (Å²) >= 11 is 0. The van der Waals surface area contributed by atoms with Crippen molar-refractivity contribution in [2.45, 2.75) is 33.1 Å². The van der Waals surface area contributed by atoms with Crippen LogP contribution in [0.25, 0.3) is 0 Å². The van der Waals surface area contributed by atoms with Gasteiger partial charge in [-0.3, -0.25) is 4.79 Å². The summed E-state index contributed by atoms with van der Waals surface area (Å²) in [6.07, 6.45) is 3.65. The highest BCUT2D eigenvalue weighted by molar-refractivity contribution is 5.78. The van der Waals surface area contributed by atoms with Crippen molar-refractivity contribution in [3.8, 4) is 0 Å². The first-order valence-corrected chi connectivity index (χ1v) is 5.67. The van der Waals surface area contributed by atoms with Crippen molar-refractivity contribution < 1.29 is 4.79 Å². The van der Waals surface area contributed by atoms with Crippen molar-refractivity contribution in [2.24, 2.45) is 17.6 Å². The lowest BCUT2D eigenvalue weighted by atomic mass is 10.0. The van der Waals surface area contributed by atoms with Crippen molar-refractivity contribution in [1.82, 2.24) is 4.90 Å². The molecule has 1 aliphatic heterocycles. The molecule has 1 heterocycles. The van der Waals surface area contributed by atoms with E-state index >= 15 is 0 Å². The summed E-state index contributed by atoms with van der Waals surface area (Å²) in [7, 11) is 0. The first-order valence-electron chi connectivity index (χ1n) is 5.67. The van der Waals surface area contributed by atoms with Gasteiger partial charge in [0.15, 0.2) is 0 Å². The summed E-state index contributed by atoms with van der Waals surface area (Å²) in [5, 5.41) is 0. The van der Waals surface area contributed by atoms with Crippen LogP contribution in [0.3, 0.4) is 0 Å². The fraction of sp³-hybridized carbons (Fsp3) is 0.909. The lowest BCUT2D eigenvalue weighted by molar-refractivity contribution is -0.133. The molecule has 0 aromatic carbocycles. The minimum atomic E-state index is -0.00428. The molecule has 3 nitrogen and oxygen atoms in total. The zero-order chi connectivity index (χ0) is 10.6. The Kier molecular flexibility index (Phi) is 4.39. The fourth-order valence-corrected chi connectivity index (χ4v) is 2.09. The molecule has 14 heavy (non-hydrogen) atoms. The third-order valence-electron chi connectivity index (χ3n) is 3.07. The Morgan fingerprint density at radius 3 is 2.93 bits per heavy atom. The Morgan fingerprint density at radius 2 is 2.36 bits per heavy atom. The fourth-order valence-electron chi connectivity index (χ4n) is 2.09. The molecular formula is C11H22N2O. The Labute approximate surface area is 86.6 Å². The first kappa shape index (κ1) is 11.5. The second kappa shape index (κ2) is 5.35. The Morgan fingerprint density at radius 1 is 1.64 bits per heavy atom. The van der Waals surface area contributed by atoms with E-state index in [-0.39, 0.29) is 11.8 Å². The van der Waals surface area contributed by atoms with Gasteiger partial charge in [0, 0.05) is 25.6 Å². The largest absolute Gasteiger partial charge is 0.342 e. The van der Waals surface area contributed by atoms with Gasteiger partial charge in [0.25, 0.3) is 0 Å². The number of likely N-dealkylation sites (tertiary alicyclic amines) is 1. The summed E-state index contributed by atoms with van der Waals surface area (Å²) in [5.74, 6) is 0.968. The van der Waals surface area contributed by atoms with Crippen LogP contribution in [0.1, 0.15) is 33.1 Å². The third kappa shape index (κ3) is 2.71. The van der Waals surface area contributed by atoms with Gasteiger partial charge in [0.05, 0.1) is 0 Å². The quantitative estimate of drug-likeness (QED) is 0.738. The highest BCUT2D eigenvalue weighted by atomic mass is 16.2. The zero-order valence-electron chi connectivity index (χ0n) is 9.33. The molecule has 2 atom stereocenters. The van der Waals surface area contributed by atoms with E-state index in [1.54, 1.807) is 0 Å². The minimum absolute atomic E-state index is 0.00428. The number of rotatable bonds is 4. The van der Waals surface area contributed by atoms with Crippen LogP contribution in [-0.4, -0.2) is 30.4 Å². The average Bonchev–Trinajstić information content (AvgIpc) is 2.64. The summed E-state index contributed by atoms with van der Waals surface area (Å²) in [4.78, 5) is 13.8. The molecule has 1 saturated heterocycles. The summed E-state index contributed by atoms with van der Waals surface area (Å²) < 4.78 is 0. The molecule has 1 rings (SSSR count). The molecule has 1 fully saturated rings. The Balaban J connectivity index is 2.37. The molecule has 82 valence electrons. The van der Waals surface area contributed by atoms with Crippen molar-refractivity contribution >= 4 is 5.91 Å². The second-order valence-corrected chi connectivity index (χ2v) is 4.36. The maximum absolute atomic E-state index is 11.8. The lowest BCUT2D eigenvalue weighted by Gasteiger charge is -2.19. The van der Waals surface area contributed by atoms with Crippen LogP contribution in [0.2, 0.25) is 0 Å². The topological polar surface area (TPSA) is 46.3 Å². The number of hydrogen-bond donors (Lipinski definition) is 1. The summed E-state index contributed by atoms with van der Waals surface area (Å²) in [5.41, 5.74) is 5.49. The van der Waals surface area contributed by atoms with Gasteiger partial charge in [-0.2, -0.15) is 0 Å². The molecule has 0 radical (unpaired) electrons. The van der Waals surface area contributed by atoms with Crippen LogP contribution in [0.5, 0.6) is 0 Å². The molecule has 2 unspecified atom stereocenters. The molecule has 2 N–H and O–H groups in total. The summed E-state index contributed by atoms with van der Waals surface area (Å²) in [6, 6.07) is 0. The highest BCUT2D eigenvalue weighted by Crippen LogP contribution is 2.21. The van der Waals surface area contributed by atoms with Crippen LogP contribution < -0.4 is 5.73 Å². The van der Waals surface area contributed by atoms with Gasteiger partial charge in [0.2, 0.25) is 5.91 Å². The number of carbonyl (C=O) groups excluding carboxylic acids is 1. The maximum Gasteiger partial charge on any atom is 0.226 e. The van der Waals surface area contributed by atoms with Crippen LogP contribution >= 0.6 is 0 Å². The molecule has 0 aliphatic carbocycles.